The third kappa shape index (κ3) is 4.37. The number of nitrogens with zero attached hydrogens (tertiary/aromatic N) is 4. The maximum atomic E-state index is 5.89. The van der Waals surface area contributed by atoms with E-state index in [1.165, 1.54) is 11.1 Å². The highest BCUT2D eigenvalue weighted by atomic mass is 35.5. The van der Waals surface area contributed by atoms with Gasteiger partial charge in [0.2, 0.25) is 5.95 Å². The first kappa shape index (κ1) is 17.9. The first-order valence-electron chi connectivity index (χ1n) is 8.21. The van der Waals surface area contributed by atoms with Crippen molar-refractivity contribution in [3.05, 3.63) is 52.7 Å². The molecule has 0 fully saturated rings. The fourth-order valence-electron chi connectivity index (χ4n) is 2.51. The summed E-state index contributed by atoms with van der Waals surface area (Å²) in [6.07, 6.45) is 0. The lowest BCUT2D eigenvalue weighted by atomic mass is 10.0. The van der Waals surface area contributed by atoms with E-state index in [0.717, 1.165) is 11.3 Å². The molecular formula is C18H20ClN7. The molecule has 0 spiro atoms. The first-order valence-corrected chi connectivity index (χ1v) is 8.59. The molecule has 26 heavy (non-hydrogen) atoms. The summed E-state index contributed by atoms with van der Waals surface area (Å²) in [6.45, 7) is 5.42. The second-order valence-electron chi connectivity index (χ2n) is 5.84. The van der Waals surface area contributed by atoms with Crippen LogP contribution in [0.25, 0.3) is 11.3 Å². The van der Waals surface area contributed by atoms with Crippen molar-refractivity contribution in [1.29, 1.82) is 0 Å². The highest BCUT2D eigenvalue weighted by Gasteiger charge is 2.08. The number of anilines is 3. The molecule has 2 aromatic heterocycles. The third-order valence-corrected chi connectivity index (χ3v) is 4.19. The SMILES string of the molecule is Cc1cccc(-c2cc(NCCNc3ccc(Cl)nn3)nc(N)n2)c1C. The number of nitrogen functional groups attached to an aromatic ring is 1. The predicted molar refractivity (Wildman–Crippen MR) is 105 cm³/mol. The molecule has 0 saturated carbocycles. The van der Waals surface area contributed by atoms with Gasteiger partial charge in [-0.05, 0) is 37.1 Å². The summed E-state index contributed by atoms with van der Waals surface area (Å²) in [4.78, 5) is 8.62. The molecule has 2 heterocycles. The van der Waals surface area contributed by atoms with Gasteiger partial charge in [-0.2, -0.15) is 4.98 Å². The van der Waals surface area contributed by atoms with Gasteiger partial charge in [-0.15, -0.1) is 10.2 Å². The molecule has 0 amide bonds. The van der Waals surface area contributed by atoms with E-state index in [1.807, 2.05) is 18.2 Å². The fourth-order valence-corrected chi connectivity index (χ4v) is 2.62. The number of hydrogen-bond acceptors (Lipinski definition) is 7. The molecule has 0 unspecified atom stereocenters. The maximum absolute atomic E-state index is 5.89. The molecule has 3 aromatic rings. The number of rotatable bonds is 6. The van der Waals surface area contributed by atoms with Gasteiger partial charge in [-0.25, -0.2) is 4.98 Å². The van der Waals surface area contributed by atoms with E-state index in [1.54, 1.807) is 12.1 Å². The summed E-state index contributed by atoms with van der Waals surface area (Å²) in [5, 5.41) is 14.5. The van der Waals surface area contributed by atoms with Crippen molar-refractivity contribution in [1.82, 2.24) is 20.2 Å². The first-order chi connectivity index (χ1) is 12.5. The number of nitrogens with two attached hydrogens (primary N) is 1. The van der Waals surface area contributed by atoms with Gasteiger partial charge in [-0.3, -0.25) is 0 Å². The van der Waals surface area contributed by atoms with Crippen molar-refractivity contribution in [2.75, 3.05) is 29.5 Å². The van der Waals surface area contributed by atoms with Gasteiger partial charge < -0.3 is 16.4 Å². The van der Waals surface area contributed by atoms with E-state index in [9.17, 15) is 0 Å². The second-order valence-corrected chi connectivity index (χ2v) is 6.23. The molecule has 0 atom stereocenters. The van der Waals surface area contributed by atoms with Crippen LogP contribution in [-0.4, -0.2) is 33.3 Å². The molecule has 0 bridgehead atoms. The van der Waals surface area contributed by atoms with Crippen LogP contribution in [0.3, 0.4) is 0 Å². The fraction of sp³-hybridized carbons (Fsp3) is 0.222. The quantitative estimate of drug-likeness (QED) is 0.573. The normalized spacial score (nSPS) is 10.6. The Hall–Kier alpha value is -2.93. The summed E-state index contributed by atoms with van der Waals surface area (Å²) in [6, 6.07) is 11.5. The van der Waals surface area contributed by atoms with Crippen LogP contribution in [0.15, 0.2) is 36.4 Å². The number of nitrogens with one attached hydrogen (secondary N) is 2. The van der Waals surface area contributed by atoms with Crippen molar-refractivity contribution in [3.63, 3.8) is 0 Å². The number of hydrogen-bond donors (Lipinski definition) is 3. The van der Waals surface area contributed by atoms with E-state index in [4.69, 9.17) is 17.3 Å². The standard InChI is InChI=1S/C18H20ClN7/c1-11-4-3-5-13(12(11)2)14-10-17(24-18(20)23-14)22-9-8-21-16-7-6-15(19)25-26-16/h3-7,10H,8-9H2,1-2H3,(H,21,26)(H3,20,22,23,24). The number of aryl methyl sites for hydroxylation is 1. The zero-order valence-electron chi connectivity index (χ0n) is 14.6. The van der Waals surface area contributed by atoms with Gasteiger partial charge in [0.1, 0.15) is 11.6 Å². The Morgan fingerprint density at radius 1 is 0.962 bits per heavy atom. The molecule has 0 aliphatic heterocycles. The van der Waals surface area contributed by atoms with Crippen molar-refractivity contribution in [2.24, 2.45) is 0 Å². The van der Waals surface area contributed by atoms with Gasteiger partial charge in [0.05, 0.1) is 5.69 Å². The van der Waals surface area contributed by atoms with E-state index in [2.05, 4.69) is 50.7 Å². The minimum Gasteiger partial charge on any atom is -0.368 e. The summed E-state index contributed by atoms with van der Waals surface area (Å²) >= 11 is 5.71. The Balaban J connectivity index is 1.66. The lowest BCUT2D eigenvalue weighted by Gasteiger charge is -2.11. The highest BCUT2D eigenvalue weighted by molar-refractivity contribution is 6.29. The molecule has 0 radical (unpaired) electrons. The largest absolute Gasteiger partial charge is 0.368 e. The van der Waals surface area contributed by atoms with Gasteiger partial charge in [0, 0.05) is 24.7 Å². The molecule has 134 valence electrons. The Morgan fingerprint density at radius 2 is 1.73 bits per heavy atom. The van der Waals surface area contributed by atoms with Gasteiger partial charge >= 0.3 is 0 Å². The Morgan fingerprint density at radius 3 is 2.46 bits per heavy atom. The smallest absolute Gasteiger partial charge is 0.222 e. The Kier molecular flexibility index (Phi) is 5.48. The van der Waals surface area contributed by atoms with E-state index in [0.29, 0.717) is 29.9 Å². The predicted octanol–water partition coefficient (Wildman–Crippen LogP) is 3.31. The Bertz CT molecular complexity index is 897. The van der Waals surface area contributed by atoms with Crippen molar-refractivity contribution in [3.8, 4) is 11.3 Å². The van der Waals surface area contributed by atoms with E-state index >= 15 is 0 Å². The van der Waals surface area contributed by atoms with Gasteiger partial charge in [0.25, 0.3) is 0 Å². The number of benzene rings is 1. The van der Waals surface area contributed by atoms with Crippen LogP contribution in [0, 0.1) is 13.8 Å². The van der Waals surface area contributed by atoms with Crippen molar-refractivity contribution < 1.29 is 0 Å². The molecule has 3 rings (SSSR count). The molecule has 0 aliphatic rings. The zero-order valence-corrected chi connectivity index (χ0v) is 15.4. The van der Waals surface area contributed by atoms with Crippen molar-refractivity contribution >= 4 is 29.2 Å². The van der Waals surface area contributed by atoms with Crippen LogP contribution in [0.2, 0.25) is 5.15 Å². The monoisotopic (exact) mass is 369 g/mol. The van der Waals surface area contributed by atoms with Crippen LogP contribution in [0.5, 0.6) is 0 Å². The Labute approximate surface area is 157 Å². The van der Waals surface area contributed by atoms with Crippen molar-refractivity contribution in [2.45, 2.75) is 13.8 Å². The van der Waals surface area contributed by atoms with Crippen LogP contribution >= 0.6 is 11.6 Å². The maximum Gasteiger partial charge on any atom is 0.222 e. The van der Waals surface area contributed by atoms with E-state index < -0.39 is 0 Å². The molecule has 8 heteroatoms. The van der Waals surface area contributed by atoms with Gasteiger partial charge in [-0.1, -0.05) is 29.8 Å². The zero-order chi connectivity index (χ0) is 18.5. The minimum atomic E-state index is 0.238. The molecule has 7 nitrogen and oxygen atoms in total. The molecular weight excluding hydrogens is 350 g/mol. The summed E-state index contributed by atoms with van der Waals surface area (Å²) in [5.41, 5.74) is 10.1. The molecule has 4 N–H and O–H groups in total. The van der Waals surface area contributed by atoms with Crippen LogP contribution in [0.4, 0.5) is 17.6 Å². The number of aromatic nitrogens is 4. The molecule has 0 saturated heterocycles. The lowest BCUT2D eigenvalue weighted by molar-refractivity contribution is 0.986. The minimum absolute atomic E-state index is 0.238. The second kappa shape index (κ2) is 7.97. The average Bonchev–Trinajstić information content (AvgIpc) is 2.62. The third-order valence-electron chi connectivity index (χ3n) is 3.99. The topological polar surface area (TPSA) is 102 Å². The average molecular weight is 370 g/mol. The molecule has 1 aromatic carbocycles. The molecule has 0 aliphatic carbocycles. The summed E-state index contributed by atoms with van der Waals surface area (Å²) in [5.74, 6) is 1.58. The van der Waals surface area contributed by atoms with Crippen LogP contribution in [0.1, 0.15) is 11.1 Å². The van der Waals surface area contributed by atoms with Crippen LogP contribution < -0.4 is 16.4 Å². The van der Waals surface area contributed by atoms with Gasteiger partial charge in [0.15, 0.2) is 5.15 Å². The lowest BCUT2D eigenvalue weighted by Crippen LogP contribution is -2.15. The van der Waals surface area contributed by atoms with E-state index in [-0.39, 0.29) is 5.95 Å². The summed E-state index contributed by atoms with van der Waals surface area (Å²) in [7, 11) is 0. The summed E-state index contributed by atoms with van der Waals surface area (Å²) < 4.78 is 0. The highest BCUT2D eigenvalue weighted by Crippen LogP contribution is 2.25. The number of halogens is 1. The van der Waals surface area contributed by atoms with Crippen LogP contribution in [-0.2, 0) is 0 Å².